The Hall–Kier alpha value is -1.17. The van der Waals surface area contributed by atoms with Crippen LogP contribution in [0.1, 0.15) is 11.4 Å². The normalized spacial score (nSPS) is 17.4. The summed E-state index contributed by atoms with van der Waals surface area (Å²) in [5.74, 6) is 0.963. The van der Waals surface area contributed by atoms with Crippen molar-refractivity contribution < 1.29 is 4.74 Å². The second kappa shape index (κ2) is 6.73. The van der Waals surface area contributed by atoms with Crippen LogP contribution in [0.3, 0.4) is 0 Å². The minimum Gasteiger partial charge on any atom is -0.493 e. The summed E-state index contributed by atoms with van der Waals surface area (Å²) in [4.78, 5) is 9.39. The minimum atomic E-state index is 0.787. The van der Waals surface area contributed by atoms with Gasteiger partial charge in [-0.3, -0.25) is 0 Å². The summed E-state index contributed by atoms with van der Waals surface area (Å²) in [6.45, 7) is 8.70. The molecule has 0 N–H and O–H groups in total. The largest absolute Gasteiger partial charge is 0.493 e. The van der Waals surface area contributed by atoms with Crippen LogP contribution in [0.15, 0.2) is 18.2 Å². The van der Waals surface area contributed by atoms with Crippen LogP contribution < -0.4 is 4.74 Å². The number of aryl methyl sites for hydroxylation is 1. The van der Waals surface area contributed by atoms with E-state index in [-0.39, 0.29) is 0 Å². The molecule has 5 heteroatoms. The Morgan fingerprint density at radius 2 is 2.05 bits per heavy atom. The van der Waals surface area contributed by atoms with Gasteiger partial charge in [0.15, 0.2) is 0 Å². The van der Waals surface area contributed by atoms with Crippen molar-refractivity contribution in [3.63, 3.8) is 0 Å². The number of ether oxygens (including phenoxy) is 1. The third kappa shape index (κ3) is 3.93. The average molecular weight is 305 g/mol. The Bertz CT molecular complexity index is 590. The summed E-state index contributed by atoms with van der Waals surface area (Å²) >= 11 is 1.72. The number of aromatic nitrogens is 1. The number of nitrogens with zero attached hydrogens (tertiary/aromatic N) is 3. The van der Waals surface area contributed by atoms with E-state index in [2.05, 4.69) is 34.0 Å². The van der Waals surface area contributed by atoms with Crippen LogP contribution in [0.4, 0.5) is 0 Å². The lowest BCUT2D eigenvalue weighted by Crippen LogP contribution is -2.44. The van der Waals surface area contributed by atoms with Crippen molar-refractivity contribution in [2.45, 2.75) is 13.3 Å². The fourth-order valence-electron chi connectivity index (χ4n) is 2.66. The summed E-state index contributed by atoms with van der Waals surface area (Å²) in [7, 11) is 2.19. The Morgan fingerprint density at radius 1 is 1.24 bits per heavy atom. The average Bonchev–Trinajstić information content (AvgIpc) is 2.85. The molecule has 4 nitrogen and oxygen atoms in total. The van der Waals surface area contributed by atoms with E-state index in [1.165, 1.54) is 30.9 Å². The van der Waals surface area contributed by atoms with E-state index in [0.717, 1.165) is 35.8 Å². The highest BCUT2D eigenvalue weighted by Gasteiger charge is 2.12. The fourth-order valence-corrected chi connectivity index (χ4v) is 3.52. The lowest BCUT2D eigenvalue weighted by molar-refractivity contribution is 0.145. The molecule has 114 valence electrons. The summed E-state index contributed by atoms with van der Waals surface area (Å²) in [5.41, 5.74) is 1.07. The molecule has 0 saturated carbocycles. The maximum Gasteiger partial charge on any atom is 0.120 e. The first-order valence-corrected chi connectivity index (χ1v) is 8.43. The summed E-state index contributed by atoms with van der Waals surface area (Å²) in [6.07, 6.45) is 1.09. The molecule has 0 amide bonds. The third-order valence-electron chi connectivity index (χ3n) is 3.95. The number of piperazine rings is 1. The van der Waals surface area contributed by atoms with Crippen LogP contribution in [0.25, 0.3) is 10.2 Å². The lowest BCUT2D eigenvalue weighted by Gasteiger charge is -2.32. The molecule has 1 aromatic heterocycles. The number of benzene rings is 1. The molecule has 0 unspecified atom stereocenters. The van der Waals surface area contributed by atoms with E-state index in [9.17, 15) is 0 Å². The molecule has 0 aliphatic carbocycles. The monoisotopic (exact) mass is 305 g/mol. The molecule has 0 bridgehead atoms. The first-order chi connectivity index (χ1) is 10.2. The standard InChI is InChI=1S/C16H23N3OS/c1-13-17-15-5-4-14(12-16(15)21-13)20-11-3-6-19-9-7-18(2)8-10-19/h4-5,12H,3,6-11H2,1-2H3. The van der Waals surface area contributed by atoms with Gasteiger partial charge in [0.25, 0.3) is 0 Å². The number of fused-ring (bicyclic) bond motifs is 1. The fraction of sp³-hybridized carbons (Fsp3) is 0.562. The SMILES string of the molecule is Cc1nc2ccc(OCCCN3CCN(C)CC3)cc2s1. The van der Waals surface area contributed by atoms with E-state index < -0.39 is 0 Å². The molecule has 0 atom stereocenters. The molecule has 21 heavy (non-hydrogen) atoms. The molecular formula is C16H23N3OS. The van der Waals surface area contributed by atoms with Crippen LogP contribution in [-0.2, 0) is 0 Å². The van der Waals surface area contributed by atoms with Crippen molar-refractivity contribution in [3.8, 4) is 5.75 Å². The number of hydrogen-bond acceptors (Lipinski definition) is 5. The van der Waals surface area contributed by atoms with Gasteiger partial charge in [-0.05, 0) is 38.6 Å². The van der Waals surface area contributed by atoms with E-state index in [4.69, 9.17) is 4.74 Å². The molecular weight excluding hydrogens is 282 g/mol. The number of thiazole rings is 1. The number of likely N-dealkylation sites (N-methyl/N-ethyl adjacent to an activating group) is 1. The first-order valence-electron chi connectivity index (χ1n) is 7.61. The zero-order valence-corrected chi connectivity index (χ0v) is 13.7. The predicted molar refractivity (Wildman–Crippen MR) is 88.4 cm³/mol. The van der Waals surface area contributed by atoms with E-state index in [1.807, 2.05) is 13.0 Å². The second-order valence-electron chi connectivity index (χ2n) is 5.71. The van der Waals surface area contributed by atoms with Gasteiger partial charge in [-0.15, -0.1) is 11.3 Å². The molecule has 1 fully saturated rings. The van der Waals surface area contributed by atoms with Crippen LogP contribution in [0, 0.1) is 6.92 Å². The lowest BCUT2D eigenvalue weighted by atomic mass is 10.3. The van der Waals surface area contributed by atoms with Gasteiger partial charge in [-0.25, -0.2) is 4.98 Å². The highest BCUT2D eigenvalue weighted by Crippen LogP contribution is 2.25. The molecule has 1 aliphatic heterocycles. The van der Waals surface area contributed by atoms with Gasteiger partial charge < -0.3 is 14.5 Å². The zero-order chi connectivity index (χ0) is 14.7. The second-order valence-corrected chi connectivity index (χ2v) is 6.94. The van der Waals surface area contributed by atoms with Crippen LogP contribution in [0.2, 0.25) is 0 Å². The van der Waals surface area contributed by atoms with Gasteiger partial charge in [0, 0.05) is 32.7 Å². The van der Waals surface area contributed by atoms with Gasteiger partial charge in [0.05, 0.1) is 21.8 Å². The molecule has 1 saturated heterocycles. The molecule has 1 aliphatic rings. The van der Waals surface area contributed by atoms with Crippen LogP contribution in [-0.4, -0.2) is 61.2 Å². The van der Waals surface area contributed by atoms with Gasteiger partial charge >= 0.3 is 0 Å². The van der Waals surface area contributed by atoms with Crippen molar-refractivity contribution in [1.29, 1.82) is 0 Å². The maximum absolute atomic E-state index is 5.88. The Kier molecular flexibility index (Phi) is 4.73. The van der Waals surface area contributed by atoms with E-state index >= 15 is 0 Å². The van der Waals surface area contributed by atoms with Crippen molar-refractivity contribution >= 4 is 21.6 Å². The molecule has 3 rings (SSSR count). The number of hydrogen-bond donors (Lipinski definition) is 0. The molecule has 2 aromatic rings. The smallest absolute Gasteiger partial charge is 0.120 e. The summed E-state index contributed by atoms with van der Waals surface area (Å²) in [5, 5.41) is 1.11. The molecule has 0 spiro atoms. The summed E-state index contributed by atoms with van der Waals surface area (Å²) < 4.78 is 7.09. The topological polar surface area (TPSA) is 28.6 Å². The van der Waals surface area contributed by atoms with Crippen molar-refractivity contribution in [2.24, 2.45) is 0 Å². The highest BCUT2D eigenvalue weighted by molar-refractivity contribution is 7.18. The third-order valence-corrected chi connectivity index (χ3v) is 4.88. The van der Waals surface area contributed by atoms with Crippen molar-refractivity contribution in [3.05, 3.63) is 23.2 Å². The molecule has 2 heterocycles. The quantitative estimate of drug-likeness (QED) is 0.794. The first kappa shape index (κ1) is 14.8. The van der Waals surface area contributed by atoms with Crippen molar-refractivity contribution in [1.82, 2.24) is 14.8 Å². The van der Waals surface area contributed by atoms with E-state index in [1.54, 1.807) is 11.3 Å². The summed E-state index contributed by atoms with van der Waals surface area (Å²) in [6, 6.07) is 6.18. The minimum absolute atomic E-state index is 0.787. The number of rotatable bonds is 5. The van der Waals surface area contributed by atoms with Gasteiger partial charge in [-0.1, -0.05) is 0 Å². The maximum atomic E-state index is 5.88. The van der Waals surface area contributed by atoms with Crippen molar-refractivity contribution in [2.75, 3.05) is 46.4 Å². The predicted octanol–water partition coefficient (Wildman–Crippen LogP) is 2.62. The highest BCUT2D eigenvalue weighted by atomic mass is 32.1. The zero-order valence-electron chi connectivity index (χ0n) is 12.8. The van der Waals surface area contributed by atoms with Crippen LogP contribution >= 0.6 is 11.3 Å². The van der Waals surface area contributed by atoms with E-state index in [0.29, 0.717) is 0 Å². The Morgan fingerprint density at radius 3 is 2.86 bits per heavy atom. The molecule has 1 aromatic carbocycles. The Balaban J connectivity index is 1.44. The van der Waals surface area contributed by atoms with Gasteiger partial charge in [-0.2, -0.15) is 0 Å². The Labute approximate surface area is 130 Å². The van der Waals surface area contributed by atoms with Gasteiger partial charge in [0.1, 0.15) is 5.75 Å². The molecule has 0 radical (unpaired) electrons. The van der Waals surface area contributed by atoms with Gasteiger partial charge in [0.2, 0.25) is 0 Å². The van der Waals surface area contributed by atoms with Crippen LogP contribution in [0.5, 0.6) is 5.75 Å².